The average Bonchev–Trinajstić information content (AvgIpc) is 3.23. The third-order valence-corrected chi connectivity index (χ3v) is 5.80. The van der Waals surface area contributed by atoms with Gasteiger partial charge in [0.05, 0.1) is 0 Å². The minimum absolute atomic E-state index is 0.0831. The van der Waals surface area contributed by atoms with E-state index in [9.17, 15) is 4.79 Å². The summed E-state index contributed by atoms with van der Waals surface area (Å²) < 4.78 is 0. The van der Waals surface area contributed by atoms with Gasteiger partial charge < -0.3 is 5.73 Å². The molecule has 30 heavy (non-hydrogen) atoms. The maximum absolute atomic E-state index is 12.2. The summed E-state index contributed by atoms with van der Waals surface area (Å²) in [4.78, 5) is 16.3. The number of nitrogens with zero attached hydrogens (tertiary/aromatic N) is 3. The lowest BCUT2D eigenvalue weighted by atomic mass is 10.0. The molecule has 0 radical (unpaired) electrons. The van der Waals surface area contributed by atoms with Gasteiger partial charge in [-0.05, 0) is 36.8 Å². The van der Waals surface area contributed by atoms with Gasteiger partial charge in [-0.3, -0.25) is 14.9 Å². The number of nitrogens with one attached hydrogen (secondary N) is 1. The van der Waals surface area contributed by atoms with Gasteiger partial charge in [0.15, 0.2) is 5.82 Å². The maximum Gasteiger partial charge on any atom is 0.320 e. The molecule has 1 fully saturated rings. The molecule has 6 heteroatoms. The lowest BCUT2D eigenvalue weighted by molar-refractivity contribution is 0.199. The number of amides is 2. The number of nitrogens with two attached hydrogens (primary N) is 1. The van der Waals surface area contributed by atoms with Gasteiger partial charge in [-0.25, -0.2) is 4.79 Å². The second-order valence-electron chi connectivity index (χ2n) is 7.94. The fourth-order valence-corrected chi connectivity index (χ4v) is 4.18. The molecule has 1 aromatic heterocycles. The molecule has 0 saturated carbocycles. The molecule has 0 aliphatic carbocycles. The first-order valence-corrected chi connectivity index (χ1v) is 10.6. The number of hydrogen-bond donors (Lipinski definition) is 2. The number of aromatic amines is 1. The number of carbonyl (C=O) groups excluding carboxylic acids is 1. The monoisotopic (exact) mass is 403 g/mol. The summed E-state index contributed by atoms with van der Waals surface area (Å²) in [6.45, 7) is 2.82. The van der Waals surface area contributed by atoms with Crippen LogP contribution in [0.2, 0.25) is 0 Å². The minimum Gasteiger partial charge on any atom is -0.351 e. The van der Waals surface area contributed by atoms with Crippen LogP contribution in [0.15, 0.2) is 66.7 Å². The average molecular weight is 404 g/mol. The second kappa shape index (κ2) is 9.59. The number of benzene rings is 2. The highest BCUT2D eigenvalue weighted by molar-refractivity contribution is 5.90. The predicted octanol–water partition coefficient (Wildman–Crippen LogP) is 3.74. The summed E-state index contributed by atoms with van der Waals surface area (Å²) in [5.41, 5.74) is 9.37. The molecule has 6 nitrogen and oxygen atoms in total. The third-order valence-electron chi connectivity index (χ3n) is 5.80. The van der Waals surface area contributed by atoms with Crippen molar-refractivity contribution in [3.63, 3.8) is 0 Å². The Kier molecular flexibility index (Phi) is 6.44. The number of piperidine rings is 1. The van der Waals surface area contributed by atoms with E-state index in [0.717, 1.165) is 51.0 Å². The van der Waals surface area contributed by atoms with E-state index in [1.54, 1.807) is 4.90 Å². The first-order chi connectivity index (χ1) is 14.7. The number of likely N-dealkylation sites (tertiary alicyclic amines) is 1. The molecule has 0 bridgehead atoms. The Hall–Kier alpha value is -3.12. The molecular formula is C24H29N5O. The summed E-state index contributed by atoms with van der Waals surface area (Å²) in [7, 11) is 0. The fraction of sp³-hybridized carbons (Fsp3) is 0.333. The van der Waals surface area contributed by atoms with Gasteiger partial charge >= 0.3 is 6.03 Å². The van der Waals surface area contributed by atoms with Crippen LogP contribution in [0.3, 0.4) is 0 Å². The topological polar surface area (TPSA) is 78.2 Å². The first-order valence-electron chi connectivity index (χ1n) is 10.6. The summed E-state index contributed by atoms with van der Waals surface area (Å²) in [6, 6.07) is 22.5. The first kappa shape index (κ1) is 20.2. The predicted molar refractivity (Wildman–Crippen MR) is 119 cm³/mol. The van der Waals surface area contributed by atoms with Crippen LogP contribution in [0.1, 0.15) is 29.7 Å². The van der Waals surface area contributed by atoms with Crippen molar-refractivity contribution < 1.29 is 4.79 Å². The van der Waals surface area contributed by atoms with Crippen molar-refractivity contribution in [2.24, 2.45) is 5.73 Å². The van der Waals surface area contributed by atoms with E-state index in [0.29, 0.717) is 5.82 Å². The van der Waals surface area contributed by atoms with Crippen molar-refractivity contribution in [3.05, 3.63) is 83.6 Å². The van der Waals surface area contributed by atoms with Gasteiger partial charge in [-0.15, -0.1) is 0 Å². The molecule has 156 valence electrons. The largest absolute Gasteiger partial charge is 0.351 e. The van der Waals surface area contributed by atoms with Crippen LogP contribution in [-0.4, -0.2) is 40.3 Å². The molecule has 0 unspecified atom stereocenters. The molecule has 3 N–H and O–H groups in total. The standard InChI is InChI=1S/C24H29N5O/c25-24(30)29(22-13-15-28(16-14-22)18-20-9-5-2-6-10-20)23-17-21(26-27-23)12-11-19-7-3-1-4-8-19/h1-10,17,22H,11-16,18H2,(H2,25,30)(H,26,27). The number of anilines is 1. The van der Waals surface area contributed by atoms with Gasteiger partial charge in [0.25, 0.3) is 0 Å². The smallest absolute Gasteiger partial charge is 0.320 e. The van der Waals surface area contributed by atoms with Crippen molar-refractivity contribution in [1.82, 2.24) is 15.1 Å². The number of urea groups is 1. The fourth-order valence-electron chi connectivity index (χ4n) is 4.18. The Balaban J connectivity index is 1.35. The zero-order valence-electron chi connectivity index (χ0n) is 17.2. The Morgan fingerprint density at radius 3 is 2.27 bits per heavy atom. The third kappa shape index (κ3) is 5.07. The van der Waals surface area contributed by atoms with E-state index in [1.165, 1.54) is 11.1 Å². The van der Waals surface area contributed by atoms with Crippen LogP contribution in [0, 0.1) is 0 Å². The van der Waals surface area contributed by atoms with E-state index in [2.05, 4.69) is 51.5 Å². The quantitative estimate of drug-likeness (QED) is 0.631. The van der Waals surface area contributed by atoms with Gasteiger partial charge in [0.1, 0.15) is 0 Å². The molecule has 2 amide bonds. The molecule has 2 heterocycles. The lowest BCUT2D eigenvalue weighted by Gasteiger charge is -2.36. The number of rotatable bonds is 7. The van der Waals surface area contributed by atoms with E-state index in [-0.39, 0.29) is 6.04 Å². The Morgan fingerprint density at radius 1 is 1.00 bits per heavy atom. The SMILES string of the molecule is NC(=O)N(c1cc(CCc2ccccc2)[nH]n1)C1CCN(Cc2ccccc2)CC1. The minimum atomic E-state index is -0.433. The van der Waals surface area contributed by atoms with Crippen LogP contribution in [0.25, 0.3) is 0 Å². The van der Waals surface area contributed by atoms with Crippen molar-refractivity contribution in [1.29, 1.82) is 0 Å². The van der Waals surface area contributed by atoms with Crippen molar-refractivity contribution in [2.45, 2.75) is 38.3 Å². The zero-order valence-corrected chi connectivity index (χ0v) is 17.2. The van der Waals surface area contributed by atoms with Gasteiger partial charge in [0.2, 0.25) is 0 Å². The number of carbonyl (C=O) groups is 1. The maximum atomic E-state index is 12.2. The molecule has 1 aliphatic rings. The van der Waals surface area contributed by atoms with Crippen molar-refractivity contribution in [3.8, 4) is 0 Å². The van der Waals surface area contributed by atoms with Crippen LogP contribution in [0.4, 0.5) is 10.6 Å². The molecular weight excluding hydrogens is 374 g/mol. The second-order valence-corrected chi connectivity index (χ2v) is 7.94. The highest BCUT2D eigenvalue weighted by Crippen LogP contribution is 2.24. The Bertz CT molecular complexity index is 932. The van der Waals surface area contributed by atoms with Gasteiger partial charge in [0, 0.05) is 37.4 Å². The number of H-pyrrole nitrogens is 1. The van der Waals surface area contributed by atoms with E-state index < -0.39 is 6.03 Å². The molecule has 3 aromatic rings. The Labute approximate surface area is 177 Å². The molecule has 0 atom stereocenters. The summed E-state index contributed by atoms with van der Waals surface area (Å²) >= 11 is 0. The van der Waals surface area contributed by atoms with E-state index in [1.807, 2.05) is 30.3 Å². The van der Waals surface area contributed by atoms with E-state index >= 15 is 0 Å². The van der Waals surface area contributed by atoms with Crippen LogP contribution >= 0.6 is 0 Å². The molecule has 0 spiro atoms. The number of hydrogen-bond acceptors (Lipinski definition) is 3. The molecule has 4 rings (SSSR count). The number of primary amides is 1. The lowest BCUT2D eigenvalue weighted by Crippen LogP contribution is -2.49. The molecule has 1 saturated heterocycles. The zero-order chi connectivity index (χ0) is 20.8. The summed E-state index contributed by atoms with van der Waals surface area (Å²) in [6.07, 6.45) is 3.56. The highest BCUT2D eigenvalue weighted by Gasteiger charge is 2.29. The van der Waals surface area contributed by atoms with Gasteiger partial charge in [-0.2, -0.15) is 5.10 Å². The Morgan fingerprint density at radius 2 is 1.63 bits per heavy atom. The highest BCUT2D eigenvalue weighted by atomic mass is 16.2. The molecule has 2 aromatic carbocycles. The van der Waals surface area contributed by atoms with Gasteiger partial charge in [-0.1, -0.05) is 60.7 Å². The molecule has 1 aliphatic heterocycles. The van der Waals surface area contributed by atoms with Crippen LogP contribution in [-0.2, 0) is 19.4 Å². The van der Waals surface area contributed by atoms with E-state index in [4.69, 9.17) is 5.73 Å². The number of aromatic nitrogens is 2. The normalized spacial score (nSPS) is 15.2. The van der Waals surface area contributed by atoms with Crippen molar-refractivity contribution >= 4 is 11.8 Å². The summed E-state index contributed by atoms with van der Waals surface area (Å²) in [5.74, 6) is 0.632. The van der Waals surface area contributed by atoms with Crippen molar-refractivity contribution in [2.75, 3.05) is 18.0 Å². The number of aryl methyl sites for hydroxylation is 2. The van der Waals surface area contributed by atoms with Crippen LogP contribution in [0.5, 0.6) is 0 Å². The summed E-state index contributed by atoms with van der Waals surface area (Å²) in [5, 5.41) is 7.48. The van der Waals surface area contributed by atoms with Crippen LogP contribution < -0.4 is 10.6 Å².